The number of rotatable bonds is 3. The van der Waals surface area contributed by atoms with Crippen LogP contribution >= 0.6 is 0 Å². The van der Waals surface area contributed by atoms with Crippen LogP contribution in [0.2, 0.25) is 0 Å². The Labute approximate surface area is 144 Å². The van der Waals surface area contributed by atoms with Crippen LogP contribution in [0.25, 0.3) is 22.1 Å². The monoisotopic (exact) mass is 339 g/mol. The third kappa shape index (κ3) is 3.48. The van der Waals surface area contributed by atoms with Crippen LogP contribution in [0.3, 0.4) is 0 Å². The summed E-state index contributed by atoms with van der Waals surface area (Å²) < 4.78 is 24.3. The van der Waals surface area contributed by atoms with Gasteiger partial charge in [0, 0.05) is 19.2 Å². The first-order valence-corrected chi connectivity index (χ1v) is 8.32. The molecule has 4 rings (SSSR count). The van der Waals surface area contributed by atoms with Crippen LogP contribution in [0, 0.1) is 5.82 Å². The van der Waals surface area contributed by atoms with E-state index in [1.54, 1.807) is 30.3 Å². The predicted octanol–water partition coefficient (Wildman–Crippen LogP) is 3.43. The lowest BCUT2D eigenvalue weighted by Gasteiger charge is -2.25. The van der Waals surface area contributed by atoms with E-state index in [0.29, 0.717) is 36.5 Å². The van der Waals surface area contributed by atoms with E-state index in [4.69, 9.17) is 9.15 Å². The van der Waals surface area contributed by atoms with E-state index < -0.39 is 0 Å². The maximum atomic E-state index is 13.1. The molecule has 0 saturated carbocycles. The van der Waals surface area contributed by atoms with Crippen molar-refractivity contribution in [3.8, 4) is 11.1 Å². The molecule has 0 spiro atoms. The molecule has 1 aliphatic heterocycles. The van der Waals surface area contributed by atoms with Gasteiger partial charge in [-0.25, -0.2) is 4.39 Å². The molecule has 0 radical (unpaired) electrons. The summed E-state index contributed by atoms with van der Waals surface area (Å²) in [5, 5.41) is 0.535. The fourth-order valence-corrected chi connectivity index (χ4v) is 3.09. The van der Waals surface area contributed by atoms with E-state index in [0.717, 1.165) is 24.2 Å². The molecule has 0 amide bonds. The zero-order chi connectivity index (χ0) is 17.2. The van der Waals surface area contributed by atoms with E-state index in [2.05, 4.69) is 4.90 Å². The topological polar surface area (TPSA) is 42.7 Å². The van der Waals surface area contributed by atoms with E-state index in [1.165, 1.54) is 12.1 Å². The van der Waals surface area contributed by atoms with Crippen LogP contribution in [0.1, 0.15) is 5.76 Å². The molecule has 2 heterocycles. The minimum absolute atomic E-state index is 0.0616. The van der Waals surface area contributed by atoms with Crippen molar-refractivity contribution >= 4 is 11.0 Å². The average molecular weight is 339 g/mol. The van der Waals surface area contributed by atoms with Crippen molar-refractivity contribution in [1.29, 1.82) is 0 Å². The Kier molecular flexibility index (Phi) is 4.34. The maximum Gasteiger partial charge on any atom is 0.193 e. The Morgan fingerprint density at radius 3 is 2.44 bits per heavy atom. The number of benzene rings is 2. The first-order valence-electron chi connectivity index (χ1n) is 8.32. The summed E-state index contributed by atoms with van der Waals surface area (Å²) >= 11 is 0. The molecule has 1 aromatic heterocycles. The highest BCUT2D eigenvalue weighted by molar-refractivity contribution is 5.83. The van der Waals surface area contributed by atoms with Crippen molar-refractivity contribution in [2.24, 2.45) is 0 Å². The summed E-state index contributed by atoms with van der Waals surface area (Å²) in [6, 6.07) is 13.3. The smallest absolute Gasteiger partial charge is 0.193 e. The van der Waals surface area contributed by atoms with E-state index in [9.17, 15) is 9.18 Å². The van der Waals surface area contributed by atoms with Gasteiger partial charge in [-0.3, -0.25) is 9.69 Å². The van der Waals surface area contributed by atoms with Crippen LogP contribution in [0.15, 0.2) is 57.7 Å². The molecular weight excluding hydrogens is 321 g/mol. The number of halogens is 1. The average Bonchev–Trinajstić information content (AvgIpc) is 2.63. The normalized spacial score (nSPS) is 15.6. The van der Waals surface area contributed by atoms with Gasteiger partial charge in [-0.2, -0.15) is 0 Å². The van der Waals surface area contributed by atoms with Gasteiger partial charge in [0.25, 0.3) is 0 Å². The van der Waals surface area contributed by atoms with E-state index in [1.807, 2.05) is 6.07 Å². The fraction of sp³-hybridized carbons (Fsp3) is 0.250. The molecule has 2 aromatic carbocycles. The lowest BCUT2D eigenvalue weighted by molar-refractivity contribution is 0.0314. The molecule has 0 bridgehead atoms. The van der Waals surface area contributed by atoms with Crippen molar-refractivity contribution in [1.82, 2.24) is 4.90 Å². The van der Waals surface area contributed by atoms with Crippen LogP contribution < -0.4 is 5.43 Å². The van der Waals surface area contributed by atoms with Gasteiger partial charge >= 0.3 is 0 Å². The SMILES string of the molecule is O=c1cc(CN2CCOCC2)oc2ccc(-c3ccc(F)cc3)cc12. The Hall–Kier alpha value is -2.50. The van der Waals surface area contributed by atoms with Crippen molar-refractivity contribution in [3.63, 3.8) is 0 Å². The molecule has 1 saturated heterocycles. The lowest BCUT2D eigenvalue weighted by Crippen LogP contribution is -2.35. The van der Waals surface area contributed by atoms with Gasteiger partial charge in [0.2, 0.25) is 0 Å². The summed E-state index contributed by atoms with van der Waals surface area (Å²) in [6.07, 6.45) is 0. The first-order chi connectivity index (χ1) is 12.2. The summed E-state index contributed by atoms with van der Waals surface area (Å²) in [6.45, 7) is 3.70. The summed E-state index contributed by atoms with van der Waals surface area (Å²) in [4.78, 5) is 14.7. The van der Waals surface area contributed by atoms with Crippen molar-refractivity contribution < 1.29 is 13.5 Å². The molecule has 0 unspecified atom stereocenters. The molecular formula is C20H18FNO3. The number of hydrogen-bond acceptors (Lipinski definition) is 4. The number of morpholine rings is 1. The third-order valence-corrected chi connectivity index (χ3v) is 4.44. The summed E-state index contributed by atoms with van der Waals surface area (Å²) in [7, 11) is 0. The van der Waals surface area contributed by atoms with Crippen molar-refractivity contribution in [3.05, 3.63) is 70.3 Å². The lowest BCUT2D eigenvalue weighted by atomic mass is 10.0. The van der Waals surface area contributed by atoms with Crippen LogP contribution in [0.4, 0.5) is 4.39 Å². The number of nitrogens with zero attached hydrogens (tertiary/aromatic N) is 1. The minimum atomic E-state index is -0.281. The van der Waals surface area contributed by atoms with Gasteiger partial charge in [0.15, 0.2) is 5.43 Å². The van der Waals surface area contributed by atoms with Gasteiger partial charge in [-0.1, -0.05) is 18.2 Å². The molecule has 0 atom stereocenters. The van der Waals surface area contributed by atoms with Gasteiger partial charge in [-0.05, 0) is 35.4 Å². The van der Waals surface area contributed by atoms with Gasteiger partial charge < -0.3 is 9.15 Å². The highest BCUT2D eigenvalue weighted by Gasteiger charge is 2.14. The molecule has 1 fully saturated rings. The molecule has 0 N–H and O–H groups in total. The van der Waals surface area contributed by atoms with Crippen molar-refractivity contribution in [2.45, 2.75) is 6.54 Å². The first kappa shape index (κ1) is 16.0. The second-order valence-corrected chi connectivity index (χ2v) is 6.18. The Morgan fingerprint density at radius 1 is 0.960 bits per heavy atom. The van der Waals surface area contributed by atoms with E-state index in [-0.39, 0.29) is 11.2 Å². The Bertz CT molecular complexity index is 943. The zero-order valence-corrected chi connectivity index (χ0v) is 13.7. The van der Waals surface area contributed by atoms with Crippen LogP contribution in [-0.4, -0.2) is 31.2 Å². The Balaban J connectivity index is 1.67. The highest BCUT2D eigenvalue weighted by Crippen LogP contribution is 2.24. The molecule has 5 heteroatoms. The van der Waals surface area contributed by atoms with Gasteiger partial charge in [-0.15, -0.1) is 0 Å². The number of ether oxygens (including phenoxy) is 1. The molecule has 1 aliphatic rings. The van der Waals surface area contributed by atoms with Gasteiger partial charge in [0.1, 0.15) is 17.2 Å². The summed E-state index contributed by atoms with van der Waals surface area (Å²) in [5.41, 5.74) is 2.23. The minimum Gasteiger partial charge on any atom is -0.459 e. The molecule has 128 valence electrons. The molecule has 0 aliphatic carbocycles. The highest BCUT2D eigenvalue weighted by atomic mass is 19.1. The zero-order valence-electron chi connectivity index (χ0n) is 13.7. The maximum absolute atomic E-state index is 13.1. The quantitative estimate of drug-likeness (QED) is 0.733. The van der Waals surface area contributed by atoms with Crippen molar-refractivity contribution in [2.75, 3.05) is 26.3 Å². The fourth-order valence-electron chi connectivity index (χ4n) is 3.09. The predicted molar refractivity (Wildman–Crippen MR) is 94.0 cm³/mol. The third-order valence-electron chi connectivity index (χ3n) is 4.44. The van der Waals surface area contributed by atoms with Crippen LogP contribution in [0.5, 0.6) is 0 Å². The largest absolute Gasteiger partial charge is 0.459 e. The number of hydrogen-bond donors (Lipinski definition) is 0. The van der Waals surface area contributed by atoms with Gasteiger partial charge in [0.05, 0.1) is 25.1 Å². The standard InChI is InChI=1S/C20H18FNO3/c21-16-4-1-14(2-5-16)15-3-6-20-18(11-15)19(23)12-17(25-20)13-22-7-9-24-10-8-22/h1-6,11-12H,7-10,13H2. The molecule has 4 nitrogen and oxygen atoms in total. The van der Waals surface area contributed by atoms with E-state index >= 15 is 0 Å². The Morgan fingerprint density at radius 2 is 1.68 bits per heavy atom. The summed E-state index contributed by atoms with van der Waals surface area (Å²) in [5.74, 6) is 0.380. The molecule has 25 heavy (non-hydrogen) atoms. The van der Waals surface area contributed by atoms with Crippen LogP contribution in [-0.2, 0) is 11.3 Å². The molecule has 3 aromatic rings. The second-order valence-electron chi connectivity index (χ2n) is 6.18. The second kappa shape index (κ2) is 6.78. The number of fused-ring (bicyclic) bond motifs is 1.